The van der Waals surface area contributed by atoms with E-state index in [1.807, 2.05) is 0 Å². The molecule has 0 aliphatic rings. The Morgan fingerprint density at radius 2 is 1.90 bits per heavy atom. The third-order valence-electron chi connectivity index (χ3n) is 2.70. The van der Waals surface area contributed by atoms with Crippen LogP contribution in [0, 0.1) is 11.6 Å². The lowest BCUT2D eigenvalue weighted by Crippen LogP contribution is -2.06. The Kier molecular flexibility index (Phi) is 4.95. The van der Waals surface area contributed by atoms with E-state index in [0.717, 1.165) is 6.07 Å². The molecule has 2 N–H and O–H groups in total. The number of halogens is 3. The number of benzene rings is 1. The predicted molar refractivity (Wildman–Crippen MR) is 82.3 cm³/mol. The van der Waals surface area contributed by atoms with Gasteiger partial charge in [-0.2, -0.15) is 0 Å². The first kappa shape index (κ1) is 15.5. The smallest absolute Gasteiger partial charge is 0.169 e. The van der Waals surface area contributed by atoms with Crippen LogP contribution in [0.25, 0.3) is 0 Å². The Labute approximate surface area is 129 Å². The Morgan fingerprint density at radius 1 is 1.19 bits per heavy atom. The minimum absolute atomic E-state index is 0.000388. The molecule has 21 heavy (non-hydrogen) atoms. The molecule has 2 rings (SSSR count). The van der Waals surface area contributed by atoms with Crippen LogP contribution in [-0.4, -0.2) is 18.6 Å². The van der Waals surface area contributed by atoms with E-state index < -0.39 is 11.6 Å². The third-order valence-corrected chi connectivity index (χ3v) is 3.39. The van der Waals surface area contributed by atoms with Crippen LogP contribution in [0.3, 0.4) is 0 Å². The van der Waals surface area contributed by atoms with Crippen LogP contribution in [0.4, 0.5) is 26.1 Å². The van der Waals surface area contributed by atoms with E-state index in [1.54, 1.807) is 25.1 Å². The molecule has 4 nitrogen and oxygen atoms in total. The van der Waals surface area contributed by atoms with Gasteiger partial charge in [0.2, 0.25) is 0 Å². The fourth-order valence-corrected chi connectivity index (χ4v) is 2.05. The van der Waals surface area contributed by atoms with Crippen molar-refractivity contribution in [2.45, 2.75) is 6.92 Å². The second-order valence-corrected chi connectivity index (χ2v) is 5.00. The second-order valence-electron chi connectivity index (χ2n) is 4.15. The van der Waals surface area contributed by atoms with Gasteiger partial charge in [0.15, 0.2) is 23.3 Å². The lowest BCUT2D eigenvalue weighted by atomic mass is 10.3. The largest absolute Gasteiger partial charge is 0.497 e. The number of ether oxygens (including phenoxy) is 1. The molecule has 1 heterocycles. The van der Waals surface area contributed by atoms with Crippen molar-refractivity contribution in [1.82, 2.24) is 4.98 Å². The van der Waals surface area contributed by atoms with Crippen LogP contribution in [0.1, 0.15) is 6.92 Å². The molecule has 0 saturated heterocycles. The maximum Gasteiger partial charge on any atom is 0.169 e. The van der Waals surface area contributed by atoms with Gasteiger partial charge in [-0.25, -0.2) is 13.8 Å². The molecule has 0 radical (unpaired) electrons. The Morgan fingerprint density at radius 3 is 2.57 bits per heavy atom. The van der Waals surface area contributed by atoms with Crippen molar-refractivity contribution in [2.24, 2.45) is 0 Å². The summed E-state index contributed by atoms with van der Waals surface area (Å²) in [7, 11) is 1.53. The minimum Gasteiger partial charge on any atom is -0.497 e. The summed E-state index contributed by atoms with van der Waals surface area (Å²) in [4.78, 5) is 3.92. The van der Waals surface area contributed by atoms with E-state index in [9.17, 15) is 8.78 Å². The lowest BCUT2D eigenvalue weighted by Gasteiger charge is -2.12. The summed E-state index contributed by atoms with van der Waals surface area (Å²) in [6.07, 6.45) is 0. The van der Waals surface area contributed by atoms with Crippen LogP contribution < -0.4 is 15.4 Å². The van der Waals surface area contributed by atoms with Crippen molar-refractivity contribution in [3.05, 3.63) is 40.4 Å². The van der Waals surface area contributed by atoms with Crippen LogP contribution in [-0.2, 0) is 0 Å². The molecule has 0 unspecified atom stereocenters. The molecular weight excluding hydrogens is 344 g/mol. The third kappa shape index (κ3) is 3.60. The first-order valence-corrected chi connectivity index (χ1v) is 7.05. The minimum atomic E-state index is -0.774. The van der Waals surface area contributed by atoms with E-state index in [1.165, 1.54) is 7.11 Å². The van der Waals surface area contributed by atoms with Gasteiger partial charge >= 0.3 is 0 Å². The van der Waals surface area contributed by atoms with Crippen molar-refractivity contribution < 1.29 is 13.5 Å². The molecule has 0 aliphatic heterocycles. The maximum atomic E-state index is 13.8. The Hall–Kier alpha value is -1.89. The molecule has 0 bridgehead atoms. The fourth-order valence-electron chi connectivity index (χ4n) is 1.70. The summed E-state index contributed by atoms with van der Waals surface area (Å²) < 4.78 is 33.2. The van der Waals surface area contributed by atoms with Crippen LogP contribution in [0.2, 0.25) is 0 Å². The zero-order valence-corrected chi connectivity index (χ0v) is 13.1. The highest BCUT2D eigenvalue weighted by atomic mass is 79.9. The fraction of sp³-hybridized carbons (Fsp3) is 0.214. The molecular formula is C14H14BrF2N3O. The molecule has 0 aliphatic carbocycles. The Balaban J connectivity index is 2.37. The zero-order valence-electron chi connectivity index (χ0n) is 11.5. The van der Waals surface area contributed by atoms with Crippen LogP contribution >= 0.6 is 15.9 Å². The van der Waals surface area contributed by atoms with Crippen molar-refractivity contribution in [3.63, 3.8) is 0 Å². The van der Waals surface area contributed by atoms with Gasteiger partial charge < -0.3 is 15.4 Å². The highest BCUT2D eigenvalue weighted by Crippen LogP contribution is 2.31. The van der Waals surface area contributed by atoms with E-state index in [2.05, 4.69) is 31.5 Å². The van der Waals surface area contributed by atoms with E-state index in [4.69, 9.17) is 4.74 Å². The standard InChI is InChI=1S/C14H14BrF2N3O/c1-3-18-13-10(16)7-11(17)14(20-13)19-12-6-8(21-2)4-5-9(12)15/h4-7H,3H2,1-2H3,(H2,18,19,20). The van der Waals surface area contributed by atoms with Gasteiger partial charge in [-0.05, 0) is 35.0 Å². The number of nitrogens with one attached hydrogen (secondary N) is 2. The number of rotatable bonds is 5. The quantitative estimate of drug-likeness (QED) is 0.836. The van der Waals surface area contributed by atoms with Crippen molar-refractivity contribution in [3.8, 4) is 5.75 Å². The molecule has 0 atom stereocenters. The highest BCUT2D eigenvalue weighted by molar-refractivity contribution is 9.10. The number of aromatic nitrogens is 1. The molecule has 0 fully saturated rings. The van der Waals surface area contributed by atoms with Gasteiger partial charge in [-0.1, -0.05) is 0 Å². The average molecular weight is 358 g/mol. The van der Waals surface area contributed by atoms with Crippen molar-refractivity contribution in [2.75, 3.05) is 24.3 Å². The molecule has 0 amide bonds. The molecule has 1 aromatic heterocycles. The summed E-state index contributed by atoms with van der Waals surface area (Å²) in [6, 6.07) is 5.99. The summed E-state index contributed by atoms with van der Waals surface area (Å²) in [6.45, 7) is 2.29. The monoisotopic (exact) mass is 357 g/mol. The summed E-state index contributed by atoms with van der Waals surface area (Å²) >= 11 is 3.35. The predicted octanol–water partition coefficient (Wildman–Crippen LogP) is 4.31. The highest BCUT2D eigenvalue weighted by Gasteiger charge is 2.13. The first-order valence-electron chi connectivity index (χ1n) is 6.25. The van der Waals surface area contributed by atoms with Crippen molar-refractivity contribution in [1.29, 1.82) is 0 Å². The Bertz CT molecular complexity index is 652. The lowest BCUT2D eigenvalue weighted by molar-refractivity contribution is 0.415. The van der Waals surface area contributed by atoms with Gasteiger partial charge in [0.05, 0.1) is 12.8 Å². The van der Waals surface area contributed by atoms with Gasteiger partial charge in [0, 0.05) is 23.2 Å². The molecule has 112 valence electrons. The van der Waals surface area contributed by atoms with Gasteiger partial charge in [0.25, 0.3) is 0 Å². The SMILES string of the molecule is CCNc1nc(Nc2cc(OC)ccc2Br)c(F)cc1F. The van der Waals surface area contributed by atoms with E-state index in [0.29, 0.717) is 22.5 Å². The van der Waals surface area contributed by atoms with Crippen LogP contribution in [0.5, 0.6) is 5.75 Å². The van der Waals surface area contributed by atoms with E-state index in [-0.39, 0.29) is 11.6 Å². The number of pyridine rings is 1. The molecule has 2 aromatic rings. The summed E-state index contributed by atoms with van der Waals surface area (Å²) in [5.74, 6) is -0.967. The summed E-state index contributed by atoms with van der Waals surface area (Å²) in [5, 5.41) is 5.56. The first-order chi connectivity index (χ1) is 10.0. The summed E-state index contributed by atoms with van der Waals surface area (Å²) in [5.41, 5.74) is 0.565. The number of hydrogen-bond acceptors (Lipinski definition) is 4. The zero-order chi connectivity index (χ0) is 15.4. The van der Waals surface area contributed by atoms with E-state index >= 15 is 0 Å². The van der Waals surface area contributed by atoms with Crippen molar-refractivity contribution >= 4 is 33.3 Å². The van der Waals surface area contributed by atoms with Gasteiger partial charge in [-0.15, -0.1) is 0 Å². The maximum absolute atomic E-state index is 13.8. The number of methoxy groups -OCH3 is 1. The number of anilines is 3. The van der Waals surface area contributed by atoms with Gasteiger partial charge in [-0.3, -0.25) is 0 Å². The number of nitrogens with zero attached hydrogens (tertiary/aromatic N) is 1. The topological polar surface area (TPSA) is 46.2 Å². The van der Waals surface area contributed by atoms with Gasteiger partial charge in [0.1, 0.15) is 5.75 Å². The molecule has 1 aromatic carbocycles. The average Bonchev–Trinajstić information content (AvgIpc) is 2.46. The molecule has 0 saturated carbocycles. The second kappa shape index (κ2) is 6.71. The normalized spacial score (nSPS) is 10.3. The number of hydrogen-bond donors (Lipinski definition) is 2. The van der Waals surface area contributed by atoms with Crippen LogP contribution in [0.15, 0.2) is 28.7 Å². The molecule has 7 heteroatoms. The molecule has 0 spiro atoms.